The van der Waals surface area contributed by atoms with Crippen LogP contribution in [0, 0.1) is 35.5 Å². The van der Waals surface area contributed by atoms with Crippen molar-refractivity contribution in [2.24, 2.45) is 35.5 Å². The van der Waals surface area contributed by atoms with E-state index >= 15 is 0 Å². The Balaban J connectivity index is 1.07. The van der Waals surface area contributed by atoms with E-state index in [-0.39, 0.29) is 0 Å². The van der Waals surface area contributed by atoms with Crippen LogP contribution in [0.1, 0.15) is 77.0 Å². The minimum absolute atomic E-state index is 0.538. The highest BCUT2D eigenvalue weighted by Crippen LogP contribution is 2.63. The molecule has 3 heteroatoms. The fraction of sp³-hybridized carbons (Fsp3) is 0.800. The molecule has 0 aliphatic heterocycles. The predicted molar refractivity (Wildman–Crippen MR) is 118 cm³/mol. The Kier molecular flexibility index (Phi) is 3.87. The molecule has 0 saturated heterocycles. The molecule has 0 unspecified atom stereocenters. The summed E-state index contributed by atoms with van der Waals surface area (Å²) in [6, 6.07) is 4.78. The van der Waals surface area contributed by atoms with Gasteiger partial charge in [0.05, 0.1) is 5.03 Å². The number of aromatic nitrogens is 1. The van der Waals surface area contributed by atoms with Crippen molar-refractivity contribution in [3.63, 3.8) is 0 Å². The zero-order valence-corrected chi connectivity index (χ0v) is 18.6. The van der Waals surface area contributed by atoms with Crippen LogP contribution in [0.5, 0.6) is 0 Å². The van der Waals surface area contributed by atoms with Crippen LogP contribution in [-0.2, 0) is 0 Å². The van der Waals surface area contributed by atoms with Crippen LogP contribution >= 0.6 is 23.5 Å². The minimum Gasteiger partial charge on any atom is -0.249 e. The number of hydrogen-bond acceptors (Lipinski definition) is 3. The highest BCUT2D eigenvalue weighted by atomic mass is 32.2. The van der Waals surface area contributed by atoms with Gasteiger partial charge in [-0.1, -0.05) is 11.8 Å². The summed E-state index contributed by atoms with van der Waals surface area (Å²) in [6.07, 6.45) is 20.3. The van der Waals surface area contributed by atoms with Crippen molar-refractivity contribution in [2.75, 3.05) is 0 Å². The molecule has 8 aliphatic rings. The summed E-state index contributed by atoms with van der Waals surface area (Å²) in [4.78, 5) is 6.44. The van der Waals surface area contributed by atoms with Gasteiger partial charge in [-0.05, 0) is 125 Å². The molecule has 8 bridgehead atoms. The van der Waals surface area contributed by atoms with Gasteiger partial charge in [0.15, 0.2) is 0 Å². The first-order valence-corrected chi connectivity index (χ1v) is 13.6. The average Bonchev–Trinajstić information content (AvgIpc) is 2.60. The minimum atomic E-state index is 0.538. The highest BCUT2D eigenvalue weighted by molar-refractivity contribution is 8.01. The molecule has 8 fully saturated rings. The molecular formula is C25H33NS2. The van der Waals surface area contributed by atoms with Gasteiger partial charge in [-0.15, -0.1) is 11.8 Å². The van der Waals surface area contributed by atoms with Crippen molar-refractivity contribution < 1.29 is 0 Å². The van der Waals surface area contributed by atoms with Gasteiger partial charge in [-0.2, -0.15) is 0 Å². The molecule has 1 aromatic heterocycles. The normalized spacial score (nSPS) is 50.4. The summed E-state index contributed by atoms with van der Waals surface area (Å²) in [5.74, 6) is 6.21. The first-order valence-electron chi connectivity index (χ1n) is 12.0. The maximum absolute atomic E-state index is 5.00. The van der Waals surface area contributed by atoms with Crippen LogP contribution in [0.4, 0.5) is 0 Å². The highest BCUT2D eigenvalue weighted by Gasteiger charge is 2.52. The molecule has 0 amide bonds. The number of thioether (sulfide) groups is 2. The molecule has 8 aliphatic carbocycles. The molecule has 0 spiro atoms. The largest absolute Gasteiger partial charge is 0.249 e. The zero-order valence-electron chi connectivity index (χ0n) is 16.9. The SMILES string of the molecule is c1cc(SC23CC4CC(CC(C4)C2)C3)ncc1SC12CC3CC(CC(C3)C1)C2. The third-order valence-corrected chi connectivity index (χ3v) is 12.1. The lowest BCUT2D eigenvalue weighted by Gasteiger charge is -2.56. The number of rotatable bonds is 4. The Hall–Kier alpha value is -0.150. The van der Waals surface area contributed by atoms with E-state index in [0.29, 0.717) is 9.49 Å². The standard InChI is InChI=1S/C25H33NS2/c1-2-23(28-25-12-19-6-20(13-25)8-21(7-19)14-25)26-15-22(1)27-24-9-16-3-17(10-24)5-18(4-16)11-24/h1-2,15-21H,3-14H2. The maximum Gasteiger partial charge on any atom is 0.0966 e. The molecule has 0 aromatic carbocycles. The Morgan fingerprint density at radius 3 is 1.43 bits per heavy atom. The van der Waals surface area contributed by atoms with Crippen molar-refractivity contribution in [2.45, 2.75) is 96.5 Å². The quantitative estimate of drug-likeness (QED) is 0.520. The summed E-state index contributed by atoms with van der Waals surface area (Å²) in [5, 5.41) is 1.30. The lowest BCUT2D eigenvalue weighted by atomic mass is 9.56. The smallest absolute Gasteiger partial charge is 0.0966 e. The summed E-state index contributed by atoms with van der Waals surface area (Å²) in [6.45, 7) is 0. The van der Waals surface area contributed by atoms with Gasteiger partial charge in [-0.3, -0.25) is 0 Å². The number of nitrogens with zero attached hydrogens (tertiary/aromatic N) is 1. The molecule has 150 valence electrons. The molecule has 1 heterocycles. The fourth-order valence-electron chi connectivity index (χ4n) is 9.27. The van der Waals surface area contributed by atoms with Crippen LogP contribution in [0.3, 0.4) is 0 Å². The number of hydrogen-bond donors (Lipinski definition) is 0. The topological polar surface area (TPSA) is 12.9 Å². The van der Waals surface area contributed by atoms with Crippen molar-refractivity contribution in [1.29, 1.82) is 0 Å². The first kappa shape index (κ1) is 17.5. The molecular weight excluding hydrogens is 378 g/mol. The van der Waals surface area contributed by atoms with Crippen LogP contribution < -0.4 is 0 Å². The molecule has 0 atom stereocenters. The van der Waals surface area contributed by atoms with Crippen LogP contribution in [-0.4, -0.2) is 14.5 Å². The predicted octanol–water partition coefficient (Wildman–Crippen LogP) is 7.20. The Bertz CT molecular complexity index is 634. The Morgan fingerprint density at radius 1 is 0.607 bits per heavy atom. The van der Waals surface area contributed by atoms with Gasteiger partial charge >= 0.3 is 0 Å². The maximum atomic E-state index is 5.00. The Labute approximate surface area is 178 Å². The molecule has 9 rings (SSSR count). The van der Waals surface area contributed by atoms with E-state index < -0.39 is 0 Å². The summed E-state index contributed by atoms with van der Waals surface area (Å²) in [5.41, 5.74) is 0. The van der Waals surface area contributed by atoms with Crippen molar-refractivity contribution in [3.05, 3.63) is 18.3 Å². The van der Waals surface area contributed by atoms with Gasteiger partial charge in [0.25, 0.3) is 0 Å². The monoisotopic (exact) mass is 411 g/mol. The van der Waals surface area contributed by atoms with Crippen LogP contribution in [0.15, 0.2) is 28.3 Å². The van der Waals surface area contributed by atoms with Crippen molar-refractivity contribution in [1.82, 2.24) is 4.98 Å². The van der Waals surface area contributed by atoms with E-state index in [2.05, 4.69) is 41.9 Å². The van der Waals surface area contributed by atoms with E-state index in [1.165, 1.54) is 87.0 Å². The van der Waals surface area contributed by atoms with E-state index in [1.807, 2.05) is 0 Å². The second-order valence-corrected chi connectivity index (χ2v) is 14.8. The third kappa shape index (κ3) is 2.93. The molecule has 1 aromatic rings. The molecule has 0 radical (unpaired) electrons. The fourth-order valence-corrected chi connectivity index (χ4v) is 12.6. The third-order valence-electron chi connectivity index (χ3n) is 9.33. The van der Waals surface area contributed by atoms with Crippen LogP contribution in [0.25, 0.3) is 0 Å². The molecule has 1 nitrogen and oxygen atoms in total. The molecule has 28 heavy (non-hydrogen) atoms. The summed E-state index contributed by atoms with van der Waals surface area (Å²) >= 11 is 4.37. The van der Waals surface area contributed by atoms with Crippen LogP contribution in [0.2, 0.25) is 0 Å². The van der Waals surface area contributed by atoms with E-state index in [4.69, 9.17) is 4.98 Å². The van der Waals surface area contributed by atoms with Crippen molar-refractivity contribution >= 4 is 23.5 Å². The van der Waals surface area contributed by atoms with E-state index in [1.54, 1.807) is 0 Å². The second kappa shape index (κ2) is 6.19. The summed E-state index contributed by atoms with van der Waals surface area (Å²) < 4.78 is 1.10. The van der Waals surface area contributed by atoms with Gasteiger partial charge in [0.2, 0.25) is 0 Å². The first-order chi connectivity index (χ1) is 13.6. The Morgan fingerprint density at radius 2 is 1.04 bits per heavy atom. The zero-order chi connectivity index (χ0) is 18.3. The number of pyridine rings is 1. The lowest BCUT2D eigenvalue weighted by molar-refractivity contribution is 0.0381. The second-order valence-electron chi connectivity index (χ2n) is 11.7. The van der Waals surface area contributed by atoms with E-state index in [0.717, 1.165) is 35.5 Å². The van der Waals surface area contributed by atoms with Gasteiger partial charge in [0, 0.05) is 20.6 Å². The van der Waals surface area contributed by atoms with Gasteiger partial charge < -0.3 is 0 Å². The lowest BCUT2D eigenvalue weighted by Crippen LogP contribution is -2.48. The van der Waals surface area contributed by atoms with Gasteiger partial charge in [-0.25, -0.2) is 4.98 Å². The van der Waals surface area contributed by atoms with Gasteiger partial charge in [0.1, 0.15) is 0 Å². The molecule has 8 saturated carbocycles. The van der Waals surface area contributed by atoms with E-state index in [9.17, 15) is 0 Å². The molecule has 0 N–H and O–H groups in total. The summed E-state index contributed by atoms with van der Waals surface area (Å²) in [7, 11) is 0. The average molecular weight is 412 g/mol. The van der Waals surface area contributed by atoms with Crippen molar-refractivity contribution in [3.8, 4) is 0 Å².